The Morgan fingerprint density at radius 2 is 1.86 bits per heavy atom. The smallest absolute Gasteiger partial charge is 0.475 e. The molecule has 1 aliphatic heterocycles. The first-order valence-electron chi connectivity index (χ1n) is 10.8. The average molecular weight is 585 g/mol. The van der Waals surface area contributed by atoms with E-state index in [0.29, 0.717) is 47.4 Å². The molecule has 1 saturated heterocycles. The molecule has 0 spiro atoms. The molecule has 204 valence electrons. The SMILES string of the molecule is COCCCNc1sc(C(=O)c2ccc(Cl)cc2Cl)c(N)c1C(=O)N1CCNCC1.O=C(O)C(F)(F)F. The second kappa shape index (κ2) is 13.8. The van der Waals surface area contributed by atoms with Crippen LogP contribution in [-0.2, 0) is 9.53 Å². The Morgan fingerprint density at radius 3 is 2.41 bits per heavy atom. The minimum Gasteiger partial charge on any atom is -0.475 e. The molecule has 0 radical (unpaired) electrons. The van der Waals surface area contributed by atoms with E-state index in [4.69, 9.17) is 43.6 Å². The van der Waals surface area contributed by atoms with Crippen LogP contribution in [0.2, 0.25) is 10.0 Å². The molecule has 0 atom stereocenters. The lowest BCUT2D eigenvalue weighted by Crippen LogP contribution is -2.46. The number of carbonyl (C=O) groups is 3. The molecule has 1 aromatic carbocycles. The number of alkyl halides is 3. The summed E-state index contributed by atoms with van der Waals surface area (Å²) in [5, 5.41) is 14.9. The zero-order valence-corrected chi connectivity index (χ0v) is 21.9. The highest BCUT2D eigenvalue weighted by atomic mass is 35.5. The van der Waals surface area contributed by atoms with Crippen LogP contribution in [-0.4, -0.2) is 80.3 Å². The van der Waals surface area contributed by atoms with E-state index in [1.165, 1.54) is 17.4 Å². The highest BCUT2D eigenvalue weighted by Crippen LogP contribution is 2.39. The fraction of sp³-hybridized carbons (Fsp3) is 0.409. The number of ketones is 1. The highest BCUT2D eigenvalue weighted by molar-refractivity contribution is 7.19. The molecule has 1 aliphatic rings. The number of carbonyl (C=O) groups excluding carboxylic acids is 2. The van der Waals surface area contributed by atoms with Gasteiger partial charge in [0.2, 0.25) is 5.78 Å². The van der Waals surface area contributed by atoms with Crippen LogP contribution in [0.4, 0.5) is 23.9 Å². The summed E-state index contributed by atoms with van der Waals surface area (Å²) in [5.74, 6) is -3.27. The normalized spacial score (nSPS) is 13.5. The molecule has 9 nitrogen and oxygen atoms in total. The third kappa shape index (κ3) is 8.47. The molecule has 0 aliphatic carbocycles. The summed E-state index contributed by atoms with van der Waals surface area (Å²) in [4.78, 5) is 37.3. The monoisotopic (exact) mass is 584 g/mol. The minimum absolute atomic E-state index is 0.175. The number of halogens is 5. The van der Waals surface area contributed by atoms with Crippen molar-refractivity contribution in [3.8, 4) is 0 Å². The van der Waals surface area contributed by atoms with Crippen LogP contribution in [0.5, 0.6) is 0 Å². The maximum Gasteiger partial charge on any atom is 0.490 e. The van der Waals surface area contributed by atoms with Gasteiger partial charge in [-0.25, -0.2) is 4.79 Å². The van der Waals surface area contributed by atoms with Gasteiger partial charge in [-0.3, -0.25) is 9.59 Å². The van der Waals surface area contributed by atoms with Gasteiger partial charge >= 0.3 is 12.1 Å². The van der Waals surface area contributed by atoms with Crippen LogP contribution in [0.3, 0.4) is 0 Å². The van der Waals surface area contributed by atoms with Crippen LogP contribution < -0.4 is 16.4 Å². The summed E-state index contributed by atoms with van der Waals surface area (Å²) in [6.07, 6.45) is -4.33. The van der Waals surface area contributed by atoms with Gasteiger partial charge in [0.1, 0.15) is 9.88 Å². The molecule has 0 saturated carbocycles. The highest BCUT2D eigenvalue weighted by Gasteiger charge is 2.38. The summed E-state index contributed by atoms with van der Waals surface area (Å²) < 4.78 is 36.8. The largest absolute Gasteiger partial charge is 0.490 e. The molecule has 1 fully saturated rings. The molecule has 5 N–H and O–H groups in total. The number of nitrogens with one attached hydrogen (secondary N) is 2. The fourth-order valence-corrected chi connectivity index (χ4v) is 4.78. The molecular formula is C22H25Cl2F3N4O5S. The van der Waals surface area contributed by atoms with Crippen molar-refractivity contribution in [2.45, 2.75) is 12.6 Å². The Kier molecular flexibility index (Phi) is 11.4. The number of nitrogens with zero attached hydrogens (tertiary/aromatic N) is 1. The minimum atomic E-state index is -5.08. The maximum atomic E-state index is 13.2. The predicted octanol–water partition coefficient (Wildman–Crippen LogP) is 4.00. The number of hydrogen-bond donors (Lipinski definition) is 4. The summed E-state index contributed by atoms with van der Waals surface area (Å²) in [6, 6.07) is 4.67. The summed E-state index contributed by atoms with van der Waals surface area (Å²) >= 11 is 13.3. The third-order valence-electron chi connectivity index (χ3n) is 5.00. The van der Waals surface area contributed by atoms with E-state index in [1.807, 2.05) is 0 Å². The molecule has 1 amide bonds. The lowest BCUT2D eigenvalue weighted by atomic mass is 10.1. The van der Waals surface area contributed by atoms with Crippen molar-refractivity contribution in [1.29, 1.82) is 0 Å². The molecule has 0 bridgehead atoms. The zero-order chi connectivity index (χ0) is 27.8. The second-order valence-corrected chi connectivity index (χ2v) is 9.48. The first-order chi connectivity index (χ1) is 17.4. The second-order valence-electron chi connectivity index (χ2n) is 7.62. The average Bonchev–Trinajstić information content (AvgIpc) is 3.17. The van der Waals surface area contributed by atoms with Gasteiger partial charge in [0.25, 0.3) is 5.91 Å². The Bertz CT molecular complexity index is 1120. The van der Waals surface area contributed by atoms with E-state index < -0.39 is 12.1 Å². The van der Waals surface area contributed by atoms with Gasteiger partial charge in [0.15, 0.2) is 0 Å². The molecule has 1 aromatic heterocycles. The fourth-order valence-electron chi connectivity index (χ4n) is 3.19. The van der Waals surface area contributed by atoms with Crippen molar-refractivity contribution in [2.24, 2.45) is 0 Å². The van der Waals surface area contributed by atoms with Crippen LogP contribution in [0.15, 0.2) is 18.2 Å². The first kappa shape index (κ1) is 30.6. The van der Waals surface area contributed by atoms with Crippen LogP contribution in [0.25, 0.3) is 0 Å². The van der Waals surface area contributed by atoms with Crippen molar-refractivity contribution >= 4 is 62.9 Å². The van der Waals surface area contributed by atoms with Gasteiger partial charge < -0.3 is 31.1 Å². The number of anilines is 2. The standard InChI is InChI=1S/C20H24Cl2N4O3S.C2HF3O2/c1-29-10-2-5-25-19-15(20(28)26-8-6-24-7-9-26)16(23)18(30-19)17(27)13-4-3-12(21)11-14(13)22;3-2(4,5)1(6)7/h3-4,11,24-25H,2,5-10,23H2,1H3;(H,6,7). The number of ether oxygens (including phenoxy) is 1. The number of piperazine rings is 1. The molecule has 37 heavy (non-hydrogen) atoms. The number of hydrogen-bond acceptors (Lipinski definition) is 8. The Balaban J connectivity index is 0.000000604. The number of carboxylic acids is 1. The Hall–Kier alpha value is -2.58. The van der Waals surface area contributed by atoms with Crippen LogP contribution in [0.1, 0.15) is 32.0 Å². The van der Waals surface area contributed by atoms with Gasteiger partial charge in [0.05, 0.1) is 16.3 Å². The number of amides is 1. The predicted molar refractivity (Wildman–Crippen MR) is 136 cm³/mol. The van der Waals surface area contributed by atoms with E-state index >= 15 is 0 Å². The number of thiophene rings is 1. The molecule has 15 heteroatoms. The van der Waals surface area contributed by atoms with Gasteiger partial charge in [0, 0.05) is 57.0 Å². The topological polar surface area (TPSA) is 134 Å². The van der Waals surface area contributed by atoms with E-state index in [0.717, 1.165) is 19.5 Å². The molecule has 2 aromatic rings. The van der Waals surface area contributed by atoms with Crippen LogP contribution >= 0.6 is 34.5 Å². The summed E-state index contributed by atoms with van der Waals surface area (Å²) in [6.45, 7) is 3.79. The van der Waals surface area contributed by atoms with Crippen molar-refractivity contribution in [3.63, 3.8) is 0 Å². The van der Waals surface area contributed by atoms with E-state index in [2.05, 4.69) is 10.6 Å². The summed E-state index contributed by atoms with van der Waals surface area (Å²) in [5.41, 5.74) is 7.16. The number of nitrogens with two attached hydrogens (primary N) is 1. The third-order valence-corrected chi connectivity index (χ3v) is 6.71. The van der Waals surface area contributed by atoms with Crippen molar-refractivity contribution in [2.75, 3.05) is 57.5 Å². The maximum absolute atomic E-state index is 13.2. The lowest BCUT2D eigenvalue weighted by Gasteiger charge is -2.27. The number of benzene rings is 1. The lowest BCUT2D eigenvalue weighted by molar-refractivity contribution is -0.192. The van der Waals surface area contributed by atoms with E-state index in [9.17, 15) is 22.8 Å². The van der Waals surface area contributed by atoms with Crippen LogP contribution in [0, 0.1) is 0 Å². The number of rotatable bonds is 8. The molecular weight excluding hydrogens is 560 g/mol. The number of methoxy groups -OCH3 is 1. The van der Waals surface area contributed by atoms with Gasteiger partial charge in [-0.15, -0.1) is 11.3 Å². The number of carboxylic acid groups (broad SMARTS) is 1. The Labute approximate surface area is 224 Å². The number of nitrogen functional groups attached to an aromatic ring is 1. The Morgan fingerprint density at radius 1 is 1.24 bits per heavy atom. The van der Waals surface area contributed by atoms with Crippen molar-refractivity contribution in [1.82, 2.24) is 10.2 Å². The van der Waals surface area contributed by atoms with E-state index in [-0.39, 0.29) is 27.3 Å². The quantitative estimate of drug-likeness (QED) is 0.270. The molecule has 0 unspecified atom stereocenters. The van der Waals surface area contributed by atoms with E-state index in [1.54, 1.807) is 24.1 Å². The molecule has 2 heterocycles. The summed E-state index contributed by atoms with van der Waals surface area (Å²) in [7, 11) is 1.63. The zero-order valence-electron chi connectivity index (χ0n) is 19.6. The molecule has 3 rings (SSSR count). The first-order valence-corrected chi connectivity index (χ1v) is 12.4. The van der Waals surface area contributed by atoms with Crippen molar-refractivity contribution < 1.29 is 37.4 Å². The van der Waals surface area contributed by atoms with Gasteiger partial charge in [-0.1, -0.05) is 23.2 Å². The van der Waals surface area contributed by atoms with Gasteiger partial charge in [-0.2, -0.15) is 13.2 Å². The van der Waals surface area contributed by atoms with Gasteiger partial charge in [-0.05, 0) is 24.6 Å². The number of aliphatic carboxylic acids is 1. The van der Waals surface area contributed by atoms with Crippen molar-refractivity contribution in [3.05, 3.63) is 44.2 Å².